The van der Waals surface area contributed by atoms with E-state index in [-0.39, 0.29) is 11.8 Å². The molecule has 1 aliphatic rings. The Hall–Kier alpha value is -1.84. The van der Waals surface area contributed by atoms with Gasteiger partial charge in [-0.05, 0) is 60.2 Å². The lowest BCUT2D eigenvalue weighted by Crippen LogP contribution is -2.31. The van der Waals surface area contributed by atoms with Crippen LogP contribution in [0.3, 0.4) is 0 Å². The smallest absolute Gasteiger partial charge is 0.227 e. The van der Waals surface area contributed by atoms with Crippen molar-refractivity contribution in [3.63, 3.8) is 0 Å². The van der Waals surface area contributed by atoms with Crippen molar-refractivity contribution in [2.75, 3.05) is 0 Å². The molecule has 24 heavy (non-hydrogen) atoms. The van der Waals surface area contributed by atoms with Gasteiger partial charge in [0.15, 0.2) is 0 Å². The molecule has 1 aliphatic carbocycles. The number of fused-ring (bicyclic) bond motifs is 1. The van der Waals surface area contributed by atoms with Crippen LogP contribution in [-0.2, 0) is 11.3 Å². The standard InChI is InChI=1S/C19H18Cl2N2O/c1-11-5-6-15(14-4-3-7-22-18(11)14)19(24)23-10-16-12(2)8-13(20)9-17(16)21/h3-4,7-9,15H,1,5-6,10H2,2H3,(H,23,24). The molecule has 3 rings (SSSR count). The fraction of sp³-hybridized carbons (Fsp3) is 0.263. The van der Waals surface area contributed by atoms with Crippen LogP contribution in [0.4, 0.5) is 0 Å². The summed E-state index contributed by atoms with van der Waals surface area (Å²) >= 11 is 12.2. The molecular formula is C19H18Cl2N2O. The SMILES string of the molecule is C=C1CCC(C(=O)NCc2c(C)cc(Cl)cc2Cl)c2cccnc21. The fourth-order valence-electron chi connectivity index (χ4n) is 3.11. The third-order valence-corrected chi connectivity index (χ3v) is 4.98. The van der Waals surface area contributed by atoms with Crippen LogP contribution in [0.1, 0.15) is 41.1 Å². The first-order chi connectivity index (χ1) is 11.5. The van der Waals surface area contributed by atoms with Gasteiger partial charge in [-0.15, -0.1) is 0 Å². The highest BCUT2D eigenvalue weighted by molar-refractivity contribution is 6.35. The number of allylic oxidation sites excluding steroid dienone is 1. The van der Waals surface area contributed by atoms with Gasteiger partial charge in [0.1, 0.15) is 0 Å². The average molecular weight is 361 g/mol. The van der Waals surface area contributed by atoms with E-state index >= 15 is 0 Å². The first-order valence-corrected chi connectivity index (χ1v) is 8.58. The summed E-state index contributed by atoms with van der Waals surface area (Å²) in [5, 5.41) is 4.17. The molecule has 1 aromatic heterocycles. The van der Waals surface area contributed by atoms with Crippen molar-refractivity contribution in [1.29, 1.82) is 0 Å². The Morgan fingerprint density at radius 2 is 2.21 bits per heavy atom. The molecule has 5 heteroatoms. The topological polar surface area (TPSA) is 42.0 Å². The van der Waals surface area contributed by atoms with E-state index in [4.69, 9.17) is 23.2 Å². The van der Waals surface area contributed by atoms with Crippen LogP contribution < -0.4 is 5.32 Å². The Morgan fingerprint density at radius 3 is 2.96 bits per heavy atom. The minimum atomic E-state index is -0.203. The van der Waals surface area contributed by atoms with Crippen LogP contribution in [0.2, 0.25) is 10.0 Å². The molecule has 1 N–H and O–H groups in total. The number of amides is 1. The molecule has 1 amide bonds. The van der Waals surface area contributed by atoms with E-state index in [0.717, 1.165) is 40.8 Å². The molecule has 1 aromatic carbocycles. The molecule has 0 aliphatic heterocycles. The maximum absolute atomic E-state index is 12.7. The van der Waals surface area contributed by atoms with Crippen molar-refractivity contribution in [1.82, 2.24) is 10.3 Å². The van der Waals surface area contributed by atoms with Gasteiger partial charge in [0, 0.05) is 22.8 Å². The monoisotopic (exact) mass is 360 g/mol. The van der Waals surface area contributed by atoms with Crippen LogP contribution in [0, 0.1) is 6.92 Å². The summed E-state index contributed by atoms with van der Waals surface area (Å²) in [6, 6.07) is 7.36. The maximum atomic E-state index is 12.7. The van der Waals surface area contributed by atoms with Gasteiger partial charge in [-0.1, -0.05) is 35.8 Å². The lowest BCUT2D eigenvalue weighted by Gasteiger charge is -2.25. The molecule has 1 atom stereocenters. The molecule has 1 unspecified atom stereocenters. The number of nitrogens with zero attached hydrogens (tertiary/aromatic N) is 1. The molecule has 0 fully saturated rings. The number of carbonyl (C=O) groups is 1. The molecule has 3 nitrogen and oxygen atoms in total. The predicted octanol–water partition coefficient (Wildman–Crippen LogP) is 4.90. The van der Waals surface area contributed by atoms with E-state index in [9.17, 15) is 4.79 Å². The van der Waals surface area contributed by atoms with Crippen LogP contribution in [0.5, 0.6) is 0 Å². The molecular weight excluding hydrogens is 343 g/mol. The van der Waals surface area contributed by atoms with Crippen molar-refractivity contribution >= 4 is 34.7 Å². The van der Waals surface area contributed by atoms with Crippen molar-refractivity contribution < 1.29 is 4.79 Å². The molecule has 0 radical (unpaired) electrons. The number of carbonyl (C=O) groups excluding carboxylic acids is 1. The molecule has 0 bridgehead atoms. The lowest BCUT2D eigenvalue weighted by atomic mass is 9.83. The molecule has 1 heterocycles. The highest BCUT2D eigenvalue weighted by atomic mass is 35.5. The number of aryl methyl sites for hydroxylation is 1. The normalized spacial score (nSPS) is 16.6. The minimum absolute atomic E-state index is 0.0119. The lowest BCUT2D eigenvalue weighted by molar-refractivity contribution is -0.122. The van der Waals surface area contributed by atoms with Gasteiger partial charge in [-0.2, -0.15) is 0 Å². The van der Waals surface area contributed by atoms with Crippen molar-refractivity contribution in [3.8, 4) is 0 Å². The van der Waals surface area contributed by atoms with Crippen LogP contribution in [0.25, 0.3) is 5.57 Å². The zero-order valence-electron chi connectivity index (χ0n) is 13.4. The van der Waals surface area contributed by atoms with Crippen LogP contribution in [0.15, 0.2) is 37.0 Å². The highest BCUT2D eigenvalue weighted by Crippen LogP contribution is 2.36. The Bertz CT molecular complexity index is 794. The van der Waals surface area contributed by atoms with Crippen LogP contribution >= 0.6 is 23.2 Å². The number of halogens is 2. The summed E-state index contributed by atoms with van der Waals surface area (Å²) in [6.07, 6.45) is 3.26. The van der Waals surface area contributed by atoms with Gasteiger partial charge in [-0.3, -0.25) is 9.78 Å². The van der Waals surface area contributed by atoms with E-state index in [0.29, 0.717) is 16.6 Å². The molecule has 0 saturated carbocycles. The van der Waals surface area contributed by atoms with E-state index in [2.05, 4.69) is 16.9 Å². The second kappa shape index (κ2) is 6.96. The summed E-state index contributed by atoms with van der Waals surface area (Å²) in [5.41, 5.74) is 4.65. The second-order valence-electron chi connectivity index (χ2n) is 6.04. The fourth-order valence-corrected chi connectivity index (χ4v) is 3.78. The van der Waals surface area contributed by atoms with E-state index < -0.39 is 0 Å². The van der Waals surface area contributed by atoms with Gasteiger partial charge in [0.05, 0.1) is 11.6 Å². The molecule has 2 aromatic rings. The third kappa shape index (κ3) is 3.33. The van der Waals surface area contributed by atoms with Gasteiger partial charge in [0.25, 0.3) is 0 Å². The van der Waals surface area contributed by atoms with E-state index in [1.807, 2.05) is 25.1 Å². The summed E-state index contributed by atoms with van der Waals surface area (Å²) in [4.78, 5) is 17.1. The van der Waals surface area contributed by atoms with E-state index in [1.165, 1.54) is 0 Å². The highest BCUT2D eigenvalue weighted by Gasteiger charge is 2.28. The molecule has 0 saturated heterocycles. The van der Waals surface area contributed by atoms with Gasteiger partial charge >= 0.3 is 0 Å². The summed E-state index contributed by atoms with van der Waals surface area (Å²) < 4.78 is 0. The second-order valence-corrected chi connectivity index (χ2v) is 6.88. The Kier molecular flexibility index (Phi) is 4.93. The summed E-state index contributed by atoms with van der Waals surface area (Å²) in [7, 11) is 0. The largest absolute Gasteiger partial charge is 0.351 e. The van der Waals surface area contributed by atoms with Gasteiger partial charge in [-0.25, -0.2) is 0 Å². The number of nitrogens with one attached hydrogen (secondary N) is 1. The minimum Gasteiger partial charge on any atom is -0.351 e. The Morgan fingerprint density at radius 1 is 1.42 bits per heavy atom. The Balaban J connectivity index is 1.77. The van der Waals surface area contributed by atoms with E-state index in [1.54, 1.807) is 12.3 Å². The number of aromatic nitrogens is 1. The van der Waals surface area contributed by atoms with Crippen molar-refractivity contribution in [2.45, 2.75) is 32.2 Å². The third-order valence-electron chi connectivity index (χ3n) is 4.42. The first kappa shape index (κ1) is 17.0. The van der Waals surface area contributed by atoms with Gasteiger partial charge in [0.2, 0.25) is 5.91 Å². The summed E-state index contributed by atoms with van der Waals surface area (Å²) in [5.74, 6) is -0.215. The number of pyridine rings is 1. The number of hydrogen-bond acceptors (Lipinski definition) is 2. The molecule has 0 spiro atoms. The summed E-state index contributed by atoms with van der Waals surface area (Å²) in [6.45, 7) is 6.37. The predicted molar refractivity (Wildman–Crippen MR) is 98.3 cm³/mol. The van der Waals surface area contributed by atoms with Crippen LogP contribution in [-0.4, -0.2) is 10.9 Å². The van der Waals surface area contributed by atoms with Crippen molar-refractivity contribution in [3.05, 3.63) is 69.5 Å². The first-order valence-electron chi connectivity index (χ1n) is 7.82. The molecule has 124 valence electrons. The maximum Gasteiger partial charge on any atom is 0.227 e. The number of benzene rings is 1. The average Bonchev–Trinajstić information content (AvgIpc) is 2.54. The number of rotatable bonds is 3. The van der Waals surface area contributed by atoms with Gasteiger partial charge < -0.3 is 5.32 Å². The Labute approximate surface area is 151 Å². The van der Waals surface area contributed by atoms with Crippen molar-refractivity contribution in [2.24, 2.45) is 0 Å². The zero-order valence-corrected chi connectivity index (χ0v) is 14.9. The number of hydrogen-bond donors (Lipinski definition) is 1. The quantitative estimate of drug-likeness (QED) is 0.845. The zero-order chi connectivity index (χ0) is 17.3.